The van der Waals surface area contributed by atoms with Crippen molar-refractivity contribution in [2.45, 2.75) is 71.6 Å². The molecule has 0 aliphatic heterocycles. The molecule has 1 unspecified atom stereocenters. The van der Waals surface area contributed by atoms with Crippen LogP contribution in [0.4, 0.5) is 105 Å². The Morgan fingerprint density at radius 2 is 0.564 bits per heavy atom. The number of carboxylic acids is 1. The van der Waals surface area contributed by atoms with Gasteiger partial charge in [-0.25, -0.2) is 9.18 Å². The van der Waals surface area contributed by atoms with Crippen LogP contribution in [-0.4, -0.2) is 82.6 Å². The standard InChI is InChI=1S/C13H2F24O2/c14-1(2(38)39)3(15,16)4(17,18)5(19,20)6(21,22)7(23,24)8(25,26)9(27,28)10(29,30)11(31,32)12(33,34)13(35,36)37/h1H,(H,38,39). The molecule has 234 valence electrons. The highest BCUT2D eigenvalue weighted by Crippen LogP contribution is 2.67. The van der Waals surface area contributed by atoms with E-state index in [1.165, 1.54) is 0 Å². The molecule has 0 aromatic rings. The van der Waals surface area contributed by atoms with E-state index in [9.17, 15) is 110 Å². The summed E-state index contributed by atoms with van der Waals surface area (Å²) in [6, 6.07) is 0. The molecule has 39 heavy (non-hydrogen) atoms. The van der Waals surface area contributed by atoms with Crippen molar-refractivity contribution in [2.24, 2.45) is 0 Å². The van der Waals surface area contributed by atoms with E-state index in [2.05, 4.69) is 0 Å². The maximum absolute atomic E-state index is 13.5. The van der Waals surface area contributed by atoms with Gasteiger partial charge in [0.2, 0.25) is 0 Å². The molecule has 0 fully saturated rings. The summed E-state index contributed by atoms with van der Waals surface area (Å²) in [5.41, 5.74) is 0. The molecule has 26 heteroatoms. The number of alkyl halides is 24. The fourth-order valence-corrected chi connectivity index (χ4v) is 2.08. The molecule has 0 aromatic carbocycles. The smallest absolute Gasteiger partial charge is 0.460 e. The van der Waals surface area contributed by atoms with E-state index in [-0.39, 0.29) is 0 Å². The van der Waals surface area contributed by atoms with Crippen molar-refractivity contribution >= 4 is 5.97 Å². The van der Waals surface area contributed by atoms with Crippen molar-refractivity contribution in [3.8, 4) is 0 Å². The molecule has 0 saturated heterocycles. The zero-order valence-electron chi connectivity index (χ0n) is 16.5. The highest BCUT2D eigenvalue weighted by Gasteiger charge is 2.99. The van der Waals surface area contributed by atoms with Crippen LogP contribution in [0.2, 0.25) is 0 Å². The van der Waals surface area contributed by atoms with E-state index in [0.29, 0.717) is 0 Å². The summed E-state index contributed by atoms with van der Waals surface area (Å²) in [5.74, 6) is -94.9. The summed E-state index contributed by atoms with van der Waals surface area (Å²) < 4.78 is 313. The van der Waals surface area contributed by atoms with Gasteiger partial charge in [0.05, 0.1) is 0 Å². The topological polar surface area (TPSA) is 37.3 Å². The molecule has 0 spiro atoms. The summed E-state index contributed by atoms with van der Waals surface area (Å²) in [5, 5.41) is 7.75. The van der Waals surface area contributed by atoms with Crippen molar-refractivity contribution in [1.29, 1.82) is 0 Å². The predicted octanol–water partition coefficient (Wildman–Crippen LogP) is 7.32. The lowest BCUT2D eigenvalue weighted by atomic mass is 9.85. The number of rotatable bonds is 11. The Kier molecular flexibility index (Phi) is 8.39. The van der Waals surface area contributed by atoms with Gasteiger partial charge in [-0.3, -0.25) is 0 Å². The van der Waals surface area contributed by atoms with Crippen LogP contribution in [0, 0.1) is 0 Å². The first-order chi connectivity index (χ1) is 16.4. The fourth-order valence-electron chi connectivity index (χ4n) is 2.08. The first-order valence-corrected chi connectivity index (χ1v) is 8.07. The van der Waals surface area contributed by atoms with Crippen LogP contribution in [0.15, 0.2) is 0 Å². The Morgan fingerprint density at radius 1 is 0.385 bits per heavy atom. The third-order valence-electron chi connectivity index (χ3n) is 4.46. The van der Waals surface area contributed by atoms with Gasteiger partial charge in [-0.2, -0.15) is 101 Å². The van der Waals surface area contributed by atoms with Crippen LogP contribution in [0.1, 0.15) is 0 Å². The first-order valence-electron chi connectivity index (χ1n) is 8.07. The summed E-state index contributed by atoms with van der Waals surface area (Å²) in [6.45, 7) is 0. The number of carbonyl (C=O) groups is 1. The second-order valence-electron chi connectivity index (χ2n) is 6.99. The minimum atomic E-state index is -9.57. The van der Waals surface area contributed by atoms with Gasteiger partial charge in [0.25, 0.3) is 6.17 Å². The highest BCUT2D eigenvalue weighted by atomic mass is 19.4. The van der Waals surface area contributed by atoms with E-state index in [4.69, 9.17) is 5.11 Å². The maximum atomic E-state index is 13.5. The normalized spacial score (nSPS) is 17.3. The molecule has 0 rings (SSSR count). The van der Waals surface area contributed by atoms with Crippen molar-refractivity contribution in [1.82, 2.24) is 0 Å². The summed E-state index contributed by atoms with van der Waals surface area (Å²) in [4.78, 5) is 9.93. The molecular weight excluding hydrogens is 644 g/mol. The fraction of sp³-hybridized carbons (Fsp3) is 0.923. The number of aliphatic carboxylic acids is 1. The van der Waals surface area contributed by atoms with Gasteiger partial charge in [0.1, 0.15) is 0 Å². The second kappa shape index (κ2) is 8.89. The quantitative estimate of drug-likeness (QED) is 0.239. The number of hydrogen-bond acceptors (Lipinski definition) is 1. The zero-order chi connectivity index (χ0) is 32.7. The Bertz CT molecular complexity index is 927. The minimum Gasteiger partial charge on any atom is -0.479 e. The van der Waals surface area contributed by atoms with Crippen molar-refractivity contribution in [2.75, 3.05) is 0 Å². The van der Waals surface area contributed by atoms with E-state index in [0.717, 1.165) is 0 Å². The molecule has 0 saturated carbocycles. The van der Waals surface area contributed by atoms with Crippen LogP contribution in [-0.2, 0) is 4.79 Å². The third kappa shape index (κ3) is 4.27. The van der Waals surface area contributed by atoms with Gasteiger partial charge in [0.15, 0.2) is 0 Å². The Labute approximate surface area is 194 Å². The average Bonchev–Trinajstić information content (AvgIpc) is 2.70. The van der Waals surface area contributed by atoms with Crippen LogP contribution in [0.5, 0.6) is 0 Å². The lowest BCUT2D eigenvalue weighted by Crippen LogP contribution is -2.78. The molecular formula is C13H2F24O2. The van der Waals surface area contributed by atoms with Gasteiger partial charge in [-0.05, 0) is 0 Å². The van der Waals surface area contributed by atoms with Crippen LogP contribution < -0.4 is 0 Å². The van der Waals surface area contributed by atoms with E-state index < -0.39 is 77.5 Å². The summed E-state index contributed by atoms with van der Waals surface area (Å²) in [6.07, 6.45) is -14.0. The minimum absolute atomic E-state index is 3.99. The van der Waals surface area contributed by atoms with Crippen molar-refractivity contribution in [3.05, 3.63) is 0 Å². The highest BCUT2D eigenvalue weighted by molar-refractivity contribution is 5.73. The molecule has 0 amide bonds. The molecule has 0 aliphatic carbocycles. The molecule has 1 N–H and O–H groups in total. The third-order valence-corrected chi connectivity index (χ3v) is 4.46. The Hall–Kier alpha value is -2.21. The van der Waals surface area contributed by atoms with Crippen molar-refractivity contribution in [3.63, 3.8) is 0 Å². The zero-order valence-corrected chi connectivity index (χ0v) is 16.5. The predicted molar refractivity (Wildman–Crippen MR) is 68.1 cm³/mol. The van der Waals surface area contributed by atoms with Gasteiger partial charge in [-0.1, -0.05) is 0 Å². The first kappa shape index (κ1) is 36.8. The molecule has 0 heterocycles. The molecule has 0 aliphatic rings. The summed E-state index contributed by atoms with van der Waals surface area (Å²) >= 11 is 0. The van der Waals surface area contributed by atoms with E-state index in [1.807, 2.05) is 0 Å². The molecule has 2 nitrogen and oxygen atoms in total. The van der Waals surface area contributed by atoms with Crippen molar-refractivity contribution < 1.29 is 115 Å². The van der Waals surface area contributed by atoms with Crippen LogP contribution in [0.25, 0.3) is 0 Å². The van der Waals surface area contributed by atoms with Gasteiger partial charge in [0, 0.05) is 0 Å². The molecule has 0 bridgehead atoms. The Morgan fingerprint density at radius 3 is 0.744 bits per heavy atom. The summed E-state index contributed by atoms with van der Waals surface area (Å²) in [7, 11) is 0. The number of carboxylic acid groups (broad SMARTS) is 1. The molecule has 0 radical (unpaired) electrons. The SMILES string of the molecule is O=C(O)C(F)C(F)(F)C(F)(F)C(F)(F)C(F)(F)C(F)(F)C(F)(F)C(F)(F)C(F)(F)C(F)(F)C(F)(F)C(F)(F)F. The largest absolute Gasteiger partial charge is 0.479 e. The monoisotopic (exact) mass is 646 g/mol. The lowest BCUT2D eigenvalue weighted by Gasteiger charge is -2.45. The molecule has 1 atom stereocenters. The maximum Gasteiger partial charge on any atom is 0.460 e. The Balaban J connectivity index is 7.28. The van der Waals surface area contributed by atoms with E-state index >= 15 is 0 Å². The van der Waals surface area contributed by atoms with Crippen LogP contribution in [0.3, 0.4) is 0 Å². The van der Waals surface area contributed by atoms with Crippen LogP contribution >= 0.6 is 0 Å². The number of hydrogen-bond donors (Lipinski definition) is 1. The van der Waals surface area contributed by atoms with Gasteiger partial charge < -0.3 is 5.11 Å². The lowest BCUT2D eigenvalue weighted by molar-refractivity contribution is -0.479. The average molecular weight is 646 g/mol. The number of halogens is 24. The van der Waals surface area contributed by atoms with Gasteiger partial charge >= 0.3 is 71.4 Å². The second-order valence-corrected chi connectivity index (χ2v) is 6.99. The van der Waals surface area contributed by atoms with Gasteiger partial charge in [-0.15, -0.1) is 0 Å². The molecule has 0 aromatic heterocycles. The van der Waals surface area contributed by atoms with E-state index in [1.54, 1.807) is 0 Å².